The van der Waals surface area contributed by atoms with Crippen LogP contribution < -0.4 is 0 Å². The second-order valence-corrected chi connectivity index (χ2v) is 10.9. The zero-order valence-electron chi connectivity index (χ0n) is 24.6. The van der Waals surface area contributed by atoms with E-state index in [1.807, 2.05) is 6.92 Å². The zero-order chi connectivity index (χ0) is 26.5. The lowest BCUT2D eigenvalue weighted by Crippen LogP contribution is -2.15. The summed E-state index contributed by atoms with van der Waals surface area (Å²) in [7, 11) is 0. The smallest absolute Gasteiger partial charge is 0.306 e. The minimum absolute atomic E-state index is 0.0528. The van der Waals surface area contributed by atoms with Gasteiger partial charge in [0.15, 0.2) is 0 Å². The number of rotatable bonds is 28. The van der Waals surface area contributed by atoms with Crippen LogP contribution in [-0.2, 0) is 19.1 Å². The third-order valence-electron chi connectivity index (χ3n) is 7.07. The van der Waals surface area contributed by atoms with Gasteiger partial charge in [0, 0.05) is 12.8 Å². The lowest BCUT2D eigenvalue weighted by Gasteiger charge is -2.13. The molecule has 0 aromatic carbocycles. The van der Waals surface area contributed by atoms with Crippen LogP contribution in [0.15, 0.2) is 0 Å². The summed E-state index contributed by atoms with van der Waals surface area (Å²) in [5.41, 5.74) is 0. The van der Waals surface area contributed by atoms with Crippen molar-refractivity contribution >= 4 is 11.9 Å². The van der Waals surface area contributed by atoms with Gasteiger partial charge in [0.05, 0.1) is 12.7 Å². The zero-order valence-corrected chi connectivity index (χ0v) is 24.6. The highest BCUT2D eigenvalue weighted by molar-refractivity contribution is 5.69. The second kappa shape index (κ2) is 28.5. The van der Waals surface area contributed by atoms with E-state index in [9.17, 15) is 9.59 Å². The minimum Gasteiger partial charge on any atom is -0.466 e. The van der Waals surface area contributed by atoms with Crippen molar-refractivity contribution in [3.05, 3.63) is 0 Å². The number of carbonyl (C=O) groups is 2. The van der Waals surface area contributed by atoms with E-state index >= 15 is 0 Å². The maximum atomic E-state index is 12.0. The predicted octanol–water partition coefficient (Wildman–Crippen LogP) is 10.3. The lowest BCUT2D eigenvalue weighted by molar-refractivity contribution is -0.148. The Labute approximate surface area is 225 Å². The largest absolute Gasteiger partial charge is 0.466 e. The Morgan fingerprint density at radius 1 is 0.500 bits per heavy atom. The standard InChI is InChI=1S/C32H62O4/c1-4-6-8-10-12-14-16-18-20-22-27-31(33)35-29-25-24-26-30(3)36-32(34)28-23-21-19-17-15-13-11-9-7-5-2/h30H,4-29H2,1-3H3. The SMILES string of the molecule is CCCCCCCCCCCCC(=O)OCCCCC(C)OC(=O)CCCCCCCCCCCC. The van der Waals surface area contributed by atoms with E-state index in [-0.39, 0.29) is 18.0 Å². The first kappa shape index (κ1) is 34.9. The lowest BCUT2D eigenvalue weighted by atomic mass is 10.1. The van der Waals surface area contributed by atoms with Gasteiger partial charge in [0.25, 0.3) is 0 Å². The van der Waals surface area contributed by atoms with Gasteiger partial charge in [-0.1, -0.05) is 129 Å². The molecule has 4 nitrogen and oxygen atoms in total. The first-order valence-electron chi connectivity index (χ1n) is 15.9. The van der Waals surface area contributed by atoms with E-state index in [1.165, 1.54) is 103 Å². The summed E-state index contributed by atoms with van der Waals surface area (Å²) in [5, 5.41) is 0. The van der Waals surface area contributed by atoms with Crippen molar-refractivity contribution < 1.29 is 19.1 Å². The third-order valence-corrected chi connectivity index (χ3v) is 7.07. The summed E-state index contributed by atoms with van der Waals surface area (Å²) in [5.74, 6) is -0.129. The highest BCUT2D eigenvalue weighted by Gasteiger charge is 2.09. The van der Waals surface area contributed by atoms with Gasteiger partial charge in [-0.05, 0) is 39.0 Å². The molecule has 0 saturated carbocycles. The van der Waals surface area contributed by atoms with Crippen LogP contribution in [0.25, 0.3) is 0 Å². The molecule has 0 heterocycles. The van der Waals surface area contributed by atoms with Gasteiger partial charge < -0.3 is 9.47 Å². The van der Waals surface area contributed by atoms with Crippen molar-refractivity contribution in [1.82, 2.24) is 0 Å². The average Bonchev–Trinajstić information content (AvgIpc) is 2.86. The molecule has 0 aromatic rings. The fourth-order valence-electron chi connectivity index (χ4n) is 4.65. The summed E-state index contributed by atoms with van der Waals surface area (Å²) in [6.45, 7) is 6.96. The Morgan fingerprint density at radius 2 is 0.889 bits per heavy atom. The molecular formula is C32H62O4. The van der Waals surface area contributed by atoms with Gasteiger partial charge >= 0.3 is 11.9 Å². The maximum absolute atomic E-state index is 12.0. The molecule has 1 unspecified atom stereocenters. The summed E-state index contributed by atoms with van der Waals surface area (Å²) in [4.78, 5) is 23.9. The molecule has 36 heavy (non-hydrogen) atoms. The Kier molecular flexibility index (Phi) is 27.7. The van der Waals surface area contributed by atoms with Crippen molar-refractivity contribution in [3.8, 4) is 0 Å². The molecule has 0 bridgehead atoms. The number of unbranched alkanes of at least 4 members (excludes halogenated alkanes) is 19. The third kappa shape index (κ3) is 27.5. The highest BCUT2D eigenvalue weighted by atomic mass is 16.5. The molecule has 0 aliphatic carbocycles. The Morgan fingerprint density at radius 3 is 1.33 bits per heavy atom. The molecule has 0 radical (unpaired) electrons. The average molecular weight is 511 g/mol. The number of esters is 2. The molecule has 1 atom stereocenters. The topological polar surface area (TPSA) is 52.6 Å². The summed E-state index contributed by atoms with van der Waals surface area (Å²) in [6, 6.07) is 0. The number of hydrogen-bond donors (Lipinski definition) is 0. The van der Waals surface area contributed by atoms with Crippen LogP contribution in [0.4, 0.5) is 0 Å². The van der Waals surface area contributed by atoms with Crippen molar-refractivity contribution in [2.24, 2.45) is 0 Å². The maximum Gasteiger partial charge on any atom is 0.306 e. The van der Waals surface area contributed by atoms with Gasteiger partial charge in [-0.15, -0.1) is 0 Å². The molecule has 4 heteroatoms. The number of hydrogen-bond acceptors (Lipinski definition) is 4. The van der Waals surface area contributed by atoms with Gasteiger partial charge in [0.1, 0.15) is 0 Å². The van der Waals surface area contributed by atoms with Crippen molar-refractivity contribution in [3.63, 3.8) is 0 Å². The summed E-state index contributed by atoms with van der Waals surface area (Å²) >= 11 is 0. The van der Waals surface area contributed by atoms with E-state index in [0.717, 1.165) is 44.9 Å². The highest BCUT2D eigenvalue weighted by Crippen LogP contribution is 2.14. The molecule has 214 valence electrons. The van der Waals surface area contributed by atoms with E-state index in [4.69, 9.17) is 9.47 Å². The Hall–Kier alpha value is -1.06. The molecule has 0 fully saturated rings. The van der Waals surface area contributed by atoms with Crippen LogP contribution in [0.3, 0.4) is 0 Å². The molecule has 0 aliphatic heterocycles. The van der Waals surface area contributed by atoms with Crippen molar-refractivity contribution in [1.29, 1.82) is 0 Å². The number of ether oxygens (including phenoxy) is 2. The van der Waals surface area contributed by atoms with Crippen LogP contribution in [-0.4, -0.2) is 24.6 Å². The second-order valence-electron chi connectivity index (χ2n) is 10.9. The predicted molar refractivity (Wildman–Crippen MR) is 153 cm³/mol. The summed E-state index contributed by atoms with van der Waals surface area (Å²) in [6.07, 6.45) is 29.1. The quantitative estimate of drug-likeness (QED) is 0.0775. The molecule has 0 amide bonds. The monoisotopic (exact) mass is 510 g/mol. The minimum atomic E-state index is -0.0648. The number of carbonyl (C=O) groups excluding carboxylic acids is 2. The van der Waals surface area contributed by atoms with Gasteiger partial charge in [0.2, 0.25) is 0 Å². The first-order chi connectivity index (χ1) is 17.6. The van der Waals surface area contributed by atoms with E-state index < -0.39 is 0 Å². The Balaban J connectivity index is 3.40. The molecule has 0 saturated heterocycles. The van der Waals surface area contributed by atoms with Crippen LogP contribution in [0.1, 0.15) is 181 Å². The Bertz CT molecular complexity index is 477. The van der Waals surface area contributed by atoms with E-state index in [0.29, 0.717) is 19.4 Å². The van der Waals surface area contributed by atoms with Crippen LogP contribution in [0.5, 0.6) is 0 Å². The first-order valence-corrected chi connectivity index (χ1v) is 15.9. The van der Waals surface area contributed by atoms with Crippen molar-refractivity contribution in [2.45, 2.75) is 187 Å². The van der Waals surface area contributed by atoms with E-state index in [2.05, 4.69) is 13.8 Å². The molecule has 0 aromatic heterocycles. The molecule has 0 N–H and O–H groups in total. The van der Waals surface area contributed by atoms with E-state index in [1.54, 1.807) is 0 Å². The fourth-order valence-corrected chi connectivity index (χ4v) is 4.65. The van der Waals surface area contributed by atoms with Gasteiger partial charge in [-0.25, -0.2) is 0 Å². The van der Waals surface area contributed by atoms with Gasteiger partial charge in [-0.3, -0.25) is 9.59 Å². The fraction of sp³-hybridized carbons (Fsp3) is 0.938. The molecular weight excluding hydrogens is 448 g/mol. The van der Waals surface area contributed by atoms with Gasteiger partial charge in [-0.2, -0.15) is 0 Å². The molecule has 0 spiro atoms. The van der Waals surface area contributed by atoms with Crippen LogP contribution in [0.2, 0.25) is 0 Å². The van der Waals surface area contributed by atoms with Crippen LogP contribution in [0, 0.1) is 0 Å². The molecule has 0 rings (SSSR count). The normalized spacial score (nSPS) is 12.0. The molecule has 0 aliphatic rings. The van der Waals surface area contributed by atoms with Crippen LogP contribution >= 0.6 is 0 Å². The van der Waals surface area contributed by atoms with Crippen molar-refractivity contribution in [2.75, 3.05) is 6.61 Å². The summed E-state index contributed by atoms with van der Waals surface area (Å²) < 4.78 is 10.9.